The Morgan fingerprint density at radius 3 is 2.82 bits per heavy atom. The van der Waals surface area contributed by atoms with Gasteiger partial charge in [0.2, 0.25) is 0 Å². The van der Waals surface area contributed by atoms with Gasteiger partial charge in [0.25, 0.3) is 0 Å². The highest BCUT2D eigenvalue weighted by molar-refractivity contribution is 6.02. The van der Waals surface area contributed by atoms with Gasteiger partial charge in [-0.2, -0.15) is 0 Å². The maximum absolute atomic E-state index is 12.0. The van der Waals surface area contributed by atoms with Crippen molar-refractivity contribution < 1.29 is 14.7 Å². The minimum atomic E-state index is -0.407. The van der Waals surface area contributed by atoms with Gasteiger partial charge in [0.05, 0.1) is 12.0 Å². The molecule has 4 aliphatic carbocycles. The molecule has 0 aromatic rings. The number of rotatable bonds is 1. The number of aliphatic hydroxyl groups is 1. The van der Waals surface area contributed by atoms with Crippen molar-refractivity contribution in [2.75, 3.05) is 0 Å². The van der Waals surface area contributed by atoms with E-state index in [-0.39, 0.29) is 17.3 Å². The highest BCUT2D eigenvalue weighted by atomic mass is 16.3. The van der Waals surface area contributed by atoms with Gasteiger partial charge in [-0.3, -0.25) is 4.79 Å². The maximum atomic E-state index is 12.0. The number of allylic oxidation sites excluding steroid dienone is 1. The standard InChI is InChI=1S/C19H26O3/c1-19-7-6-13-14(16(19)4-5-18(19)22)3-2-11-9-17(21)12(10-20)8-15(11)13/h9-10,12-16,18,22H,2-8H2,1H3/t12?,13-,14+,15-,16-,18-,19-/m0/s1. The minimum absolute atomic E-state index is 0.0247. The fraction of sp³-hybridized carbons (Fsp3) is 0.789. The third kappa shape index (κ3) is 1.90. The van der Waals surface area contributed by atoms with Crippen LogP contribution in [0.1, 0.15) is 51.9 Å². The first-order valence-corrected chi connectivity index (χ1v) is 8.92. The smallest absolute Gasteiger partial charge is 0.165 e. The number of aliphatic hydroxyl groups excluding tert-OH is 1. The zero-order valence-corrected chi connectivity index (χ0v) is 13.3. The van der Waals surface area contributed by atoms with Crippen LogP contribution in [0.3, 0.4) is 0 Å². The summed E-state index contributed by atoms with van der Waals surface area (Å²) in [6.07, 6.45) is 9.79. The number of carbonyl (C=O) groups is 2. The molecule has 7 atom stereocenters. The summed E-state index contributed by atoms with van der Waals surface area (Å²) in [5, 5.41) is 10.4. The largest absolute Gasteiger partial charge is 0.393 e. The molecule has 0 aromatic carbocycles. The zero-order valence-electron chi connectivity index (χ0n) is 13.3. The molecule has 3 heteroatoms. The summed E-state index contributed by atoms with van der Waals surface area (Å²) < 4.78 is 0. The predicted octanol–water partition coefficient (Wildman–Crippen LogP) is 2.91. The van der Waals surface area contributed by atoms with E-state index in [2.05, 4.69) is 6.92 Å². The Kier molecular flexibility index (Phi) is 3.34. The van der Waals surface area contributed by atoms with Gasteiger partial charge in [0.1, 0.15) is 6.29 Å². The van der Waals surface area contributed by atoms with Crippen molar-refractivity contribution in [1.82, 2.24) is 0 Å². The second-order valence-corrected chi connectivity index (χ2v) is 8.32. The van der Waals surface area contributed by atoms with Gasteiger partial charge in [0.15, 0.2) is 5.78 Å². The number of carbonyl (C=O) groups excluding carboxylic acids is 2. The number of aldehydes is 1. The monoisotopic (exact) mass is 302 g/mol. The van der Waals surface area contributed by atoms with Crippen LogP contribution in [0.4, 0.5) is 0 Å². The molecule has 0 aliphatic heterocycles. The van der Waals surface area contributed by atoms with Crippen molar-refractivity contribution in [3.63, 3.8) is 0 Å². The van der Waals surface area contributed by atoms with Gasteiger partial charge in [-0.1, -0.05) is 12.5 Å². The van der Waals surface area contributed by atoms with Crippen molar-refractivity contribution in [1.29, 1.82) is 0 Å². The fourth-order valence-corrected chi connectivity index (χ4v) is 6.31. The van der Waals surface area contributed by atoms with Crippen molar-refractivity contribution in [2.24, 2.45) is 35.0 Å². The number of fused-ring (bicyclic) bond motifs is 5. The first kappa shape index (κ1) is 14.6. The summed E-state index contributed by atoms with van der Waals surface area (Å²) in [5.74, 6) is 1.99. The molecule has 0 bridgehead atoms. The number of hydrogen-bond donors (Lipinski definition) is 1. The minimum Gasteiger partial charge on any atom is -0.393 e. The van der Waals surface area contributed by atoms with Gasteiger partial charge in [-0.25, -0.2) is 0 Å². The number of hydrogen-bond acceptors (Lipinski definition) is 3. The van der Waals surface area contributed by atoms with Crippen molar-refractivity contribution in [2.45, 2.75) is 58.0 Å². The molecule has 0 heterocycles. The van der Waals surface area contributed by atoms with E-state index < -0.39 is 5.92 Å². The summed E-state index contributed by atoms with van der Waals surface area (Å²) >= 11 is 0. The van der Waals surface area contributed by atoms with E-state index in [1.807, 2.05) is 0 Å². The normalized spacial score (nSPS) is 50.6. The van der Waals surface area contributed by atoms with Crippen LogP contribution in [-0.2, 0) is 9.59 Å². The lowest BCUT2D eigenvalue weighted by molar-refractivity contribution is -0.126. The summed E-state index contributed by atoms with van der Waals surface area (Å²) in [6.45, 7) is 2.29. The molecule has 1 N–H and O–H groups in total. The van der Waals surface area contributed by atoms with Gasteiger partial charge < -0.3 is 9.90 Å². The topological polar surface area (TPSA) is 54.4 Å². The van der Waals surface area contributed by atoms with Gasteiger partial charge >= 0.3 is 0 Å². The van der Waals surface area contributed by atoms with Crippen LogP contribution in [0, 0.1) is 35.0 Å². The number of ketones is 1. The van der Waals surface area contributed by atoms with Gasteiger partial charge in [0, 0.05) is 0 Å². The SMILES string of the molecule is C[C@]12CC[C@H]3[C@@H](CCC4=CC(=O)C(C=O)C[C@@H]43)[C@@H]1CC[C@@H]2O. The summed E-state index contributed by atoms with van der Waals surface area (Å²) in [7, 11) is 0. The Bertz CT molecular complexity index is 537. The Morgan fingerprint density at radius 2 is 2.05 bits per heavy atom. The molecule has 0 aromatic heterocycles. The molecule has 3 fully saturated rings. The molecule has 4 aliphatic rings. The van der Waals surface area contributed by atoms with E-state index in [1.165, 1.54) is 12.0 Å². The molecule has 0 spiro atoms. The second kappa shape index (κ2) is 5.02. The van der Waals surface area contributed by atoms with Crippen LogP contribution in [0.25, 0.3) is 0 Å². The molecule has 0 amide bonds. The average Bonchev–Trinajstić information content (AvgIpc) is 2.82. The van der Waals surface area contributed by atoms with E-state index in [4.69, 9.17) is 0 Å². The lowest BCUT2D eigenvalue weighted by Gasteiger charge is -2.53. The van der Waals surface area contributed by atoms with E-state index in [0.29, 0.717) is 23.7 Å². The molecule has 0 radical (unpaired) electrons. The summed E-state index contributed by atoms with van der Waals surface area (Å²) in [4.78, 5) is 23.2. The second-order valence-electron chi connectivity index (χ2n) is 8.32. The highest BCUT2D eigenvalue weighted by Gasteiger charge is 2.56. The van der Waals surface area contributed by atoms with Crippen LogP contribution in [0.2, 0.25) is 0 Å². The van der Waals surface area contributed by atoms with Crippen LogP contribution in [0.5, 0.6) is 0 Å². The predicted molar refractivity (Wildman–Crippen MR) is 83.0 cm³/mol. The van der Waals surface area contributed by atoms with Crippen LogP contribution in [0.15, 0.2) is 11.6 Å². The van der Waals surface area contributed by atoms with Crippen LogP contribution in [-0.4, -0.2) is 23.3 Å². The third-order valence-corrected chi connectivity index (χ3v) is 7.57. The summed E-state index contributed by atoms with van der Waals surface area (Å²) in [5.41, 5.74) is 1.42. The van der Waals surface area contributed by atoms with E-state index in [9.17, 15) is 14.7 Å². The fourth-order valence-electron chi connectivity index (χ4n) is 6.31. The first-order valence-electron chi connectivity index (χ1n) is 8.92. The Balaban J connectivity index is 1.63. The molecule has 1 unspecified atom stereocenters. The van der Waals surface area contributed by atoms with Crippen LogP contribution >= 0.6 is 0 Å². The maximum Gasteiger partial charge on any atom is 0.165 e. The Labute approximate surface area is 132 Å². The molecule has 0 saturated heterocycles. The molecule has 22 heavy (non-hydrogen) atoms. The van der Waals surface area contributed by atoms with Crippen molar-refractivity contribution in [3.05, 3.63) is 11.6 Å². The Morgan fingerprint density at radius 1 is 1.23 bits per heavy atom. The first-order chi connectivity index (χ1) is 10.5. The highest BCUT2D eigenvalue weighted by Crippen LogP contribution is 2.61. The average molecular weight is 302 g/mol. The van der Waals surface area contributed by atoms with Gasteiger partial charge in [-0.15, -0.1) is 0 Å². The third-order valence-electron chi connectivity index (χ3n) is 7.57. The molecular weight excluding hydrogens is 276 g/mol. The lowest BCUT2D eigenvalue weighted by atomic mass is 9.51. The van der Waals surface area contributed by atoms with Crippen molar-refractivity contribution in [3.8, 4) is 0 Å². The van der Waals surface area contributed by atoms with Crippen molar-refractivity contribution >= 4 is 12.1 Å². The molecule has 3 nitrogen and oxygen atoms in total. The van der Waals surface area contributed by atoms with Gasteiger partial charge in [-0.05, 0) is 80.1 Å². The van der Waals surface area contributed by atoms with E-state index in [0.717, 1.165) is 44.8 Å². The van der Waals surface area contributed by atoms with E-state index >= 15 is 0 Å². The Hall–Kier alpha value is -0.960. The summed E-state index contributed by atoms with van der Waals surface area (Å²) in [6, 6.07) is 0. The molecular formula is C19H26O3. The lowest BCUT2D eigenvalue weighted by Crippen LogP contribution is -2.48. The molecule has 3 saturated carbocycles. The molecule has 4 rings (SSSR count). The van der Waals surface area contributed by atoms with E-state index in [1.54, 1.807) is 6.08 Å². The molecule has 120 valence electrons. The zero-order chi connectivity index (χ0) is 15.5. The van der Waals surface area contributed by atoms with Crippen LogP contribution < -0.4 is 0 Å². The quantitative estimate of drug-likeness (QED) is 0.598.